The highest BCUT2D eigenvalue weighted by molar-refractivity contribution is 5.82. The van der Waals surface area contributed by atoms with Gasteiger partial charge in [0, 0.05) is 35.3 Å². The second-order valence-electron chi connectivity index (χ2n) is 7.08. The Morgan fingerprint density at radius 3 is 2.92 bits per heavy atom. The average Bonchev–Trinajstić information content (AvgIpc) is 3.01. The SMILES string of the molecule is Cc1nccn1CC1(Cn2cc(-c3ccc4occc4c3)nn2)CC1. The van der Waals surface area contributed by atoms with Crippen molar-refractivity contribution in [1.29, 1.82) is 0 Å². The van der Waals surface area contributed by atoms with Gasteiger partial charge in [-0.2, -0.15) is 0 Å². The Kier molecular flexibility index (Phi) is 3.07. The zero-order valence-corrected chi connectivity index (χ0v) is 14.1. The quantitative estimate of drug-likeness (QED) is 0.559. The zero-order chi connectivity index (χ0) is 16.9. The van der Waals surface area contributed by atoms with Crippen molar-refractivity contribution >= 4 is 11.0 Å². The van der Waals surface area contributed by atoms with Gasteiger partial charge in [-0.1, -0.05) is 5.21 Å². The molecule has 1 saturated carbocycles. The number of aryl methyl sites for hydroxylation is 1. The van der Waals surface area contributed by atoms with Crippen molar-refractivity contribution in [2.75, 3.05) is 0 Å². The van der Waals surface area contributed by atoms with Gasteiger partial charge < -0.3 is 8.98 Å². The first-order valence-corrected chi connectivity index (χ1v) is 8.56. The van der Waals surface area contributed by atoms with Crippen LogP contribution < -0.4 is 0 Å². The van der Waals surface area contributed by atoms with Crippen molar-refractivity contribution in [2.45, 2.75) is 32.9 Å². The zero-order valence-electron chi connectivity index (χ0n) is 14.1. The van der Waals surface area contributed by atoms with Crippen LogP contribution in [0, 0.1) is 12.3 Å². The maximum atomic E-state index is 5.40. The molecule has 0 aliphatic heterocycles. The maximum absolute atomic E-state index is 5.40. The van der Waals surface area contributed by atoms with Gasteiger partial charge in [0.25, 0.3) is 0 Å². The van der Waals surface area contributed by atoms with Crippen molar-refractivity contribution in [1.82, 2.24) is 24.5 Å². The van der Waals surface area contributed by atoms with Gasteiger partial charge in [-0.3, -0.25) is 4.68 Å². The first kappa shape index (κ1) is 14.5. The van der Waals surface area contributed by atoms with E-state index in [0.29, 0.717) is 0 Å². The summed E-state index contributed by atoms with van der Waals surface area (Å²) in [6, 6.07) is 8.07. The molecule has 1 fully saturated rings. The molecule has 3 aromatic heterocycles. The van der Waals surface area contributed by atoms with Gasteiger partial charge in [-0.05, 0) is 44.0 Å². The predicted octanol–water partition coefficient (Wildman–Crippen LogP) is 3.68. The molecule has 25 heavy (non-hydrogen) atoms. The van der Waals surface area contributed by atoms with Crippen molar-refractivity contribution < 1.29 is 4.42 Å². The minimum Gasteiger partial charge on any atom is -0.464 e. The Hall–Kier alpha value is -2.89. The Balaban J connectivity index is 1.36. The van der Waals surface area contributed by atoms with Crippen LogP contribution in [-0.2, 0) is 13.1 Å². The summed E-state index contributed by atoms with van der Waals surface area (Å²) < 4.78 is 9.61. The largest absolute Gasteiger partial charge is 0.464 e. The van der Waals surface area contributed by atoms with Gasteiger partial charge in [-0.15, -0.1) is 5.10 Å². The van der Waals surface area contributed by atoms with Crippen molar-refractivity contribution in [2.24, 2.45) is 5.41 Å². The molecule has 0 amide bonds. The minimum atomic E-state index is 0.283. The molecule has 0 radical (unpaired) electrons. The van der Waals surface area contributed by atoms with E-state index in [1.165, 1.54) is 12.8 Å². The molecule has 5 rings (SSSR count). The van der Waals surface area contributed by atoms with Gasteiger partial charge in [0.05, 0.1) is 19.0 Å². The molecule has 0 spiro atoms. The molecule has 0 atom stereocenters. The molecule has 0 bridgehead atoms. The lowest BCUT2D eigenvalue weighted by Gasteiger charge is -2.16. The van der Waals surface area contributed by atoms with Gasteiger partial charge in [0.2, 0.25) is 0 Å². The summed E-state index contributed by atoms with van der Waals surface area (Å²) in [5.41, 5.74) is 3.14. The molecule has 1 aliphatic rings. The second kappa shape index (κ2) is 5.31. The van der Waals surface area contributed by atoms with E-state index in [1.807, 2.05) is 35.3 Å². The number of hydrogen-bond acceptors (Lipinski definition) is 4. The lowest BCUT2D eigenvalue weighted by atomic mass is 10.1. The molecule has 0 N–H and O–H groups in total. The molecule has 4 aromatic rings. The maximum Gasteiger partial charge on any atom is 0.133 e. The summed E-state index contributed by atoms with van der Waals surface area (Å²) in [7, 11) is 0. The van der Waals surface area contributed by atoms with Crippen LogP contribution in [0.4, 0.5) is 0 Å². The topological polar surface area (TPSA) is 61.7 Å². The van der Waals surface area contributed by atoms with Crippen LogP contribution in [0.1, 0.15) is 18.7 Å². The summed E-state index contributed by atoms with van der Waals surface area (Å²) >= 11 is 0. The van der Waals surface area contributed by atoms with E-state index in [1.54, 1.807) is 6.26 Å². The molecule has 0 unspecified atom stereocenters. The Labute approximate surface area is 145 Å². The Morgan fingerprint density at radius 1 is 1.20 bits per heavy atom. The molecule has 6 nitrogen and oxygen atoms in total. The molecule has 6 heteroatoms. The first-order valence-electron chi connectivity index (χ1n) is 8.56. The van der Waals surface area contributed by atoms with Crippen LogP contribution in [-0.4, -0.2) is 24.5 Å². The monoisotopic (exact) mass is 333 g/mol. The van der Waals surface area contributed by atoms with Crippen LogP contribution in [0.5, 0.6) is 0 Å². The molecule has 126 valence electrons. The number of benzene rings is 1. The minimum absolute atomic E-state index is 0.283. The van der Waals surface area contributed by atoms with Crippen LogP contribution in [0.2, 0.25) is 0 Å². The van der Waals surface area contributed by atoms with Crippen LogP contribution >= 0.6 is 0 Å². The molecule has 0 saturated heterocycles. The van der Waals surface area contributed by atoms with Gasteiger partial charge >= 0.3 is 0 Å². The molecule has 1 aliphatic carbocycles. The second-order valence-corrected chi connectivity index (χ2v) is 7.08. The lowest BCUT2D eigenvalue weighted by molar-refractivity contribution is 0.338. The number of furan rings is 1. The highest BCUT2D eigenvalue weighted by Crippen LogP contribution is 2.48. The Bertz CT molecular complexity index is 1040. The normalized spacial score (nSPS) is 15.7. The smallest absolute Gasteiger partial charge is 0.133 e. The fourth-order valence-corrected chi connectivity index (χ4v) is 3.45. The number of rotatable bonds is 5. The van der Waals surface area contributed by atoms with Crippen molar-refractivity contribution in [3.63, 3.8) is 0 Å². The summed E-state index contributed by atoms with van der Waals surface area (Å²) in [6.45, 7) is 3.94. The molecular formula is C19H19N5O. The third-order valence-electron chi connectivity index (χ3n) is 5.17. The van der Waals surface area contributed by atoms with Crippen LogP contribution in [0.25, 0.3) is 22.2 Å². The average molecular weight is 333 g/mol. The van der Waals surface area contributed by atoms with Crippen LogP contribution in [0.15, 0.2) is 53.5 Å². The summed E-state index contributed by atoms with van der Waals surface area (Å²) in [5.74, 6) is 1.07. The van der Waals surface area contributed by atoms with E-state index in [4.69, 9.17) is 4.42 Å². The van der Waals surface area contributed by atoms with Crippen molar-refractivity contribution in [3.05, 3.63) is 54.9 Å². The third kappa shape index (κ3) is 2.63. The molecular weight excluding hydrogens is 314 g/mol. The number of fused-ring (bicyclic) bond motifs is 1. The lowest BCUT2D eigenvalue weighted by Crippen LogP contribution is -2.19. The standard InChI is InChI=1S/C19H19N5O/c1-14-20-7-8-23(14)12-19(5-6-19)13-24-11-17(21-22-24)15-2-3-18-16(10-15)4-9-25-18/h2-4,7-11H,5-6,12-13H2,1H3. The third-order valence-corrected chi connectivity index (χ3v) is 5.17. The van der Waals surface area contributed by atoms with E-state index in [9.17, 15) is 0 Å². The summed E-state index contributed by atoms with van der Waals surface area (Å²) in [4.78, 5) is 4.32. The van der Waals surface area contributed by atoms with Gasteiger partial charge in [-0.25, -0.2) is 4.98 Å². The fraction of sp³-hybridized carbons (Fsp3) is 0.316. The number of imidazole rings is 1. The first-order chi connectivity index (χ1) is 12.2. The highest BCUT2D eigenvalue weighted by atomic mass is 16.3. The fourth-order valence-electron chi connectivity index (χ4n) is 3.45. The van der Waals surface area contributed by atoms with E-state index in [2.05, 4.69) is 39.1 Å². The number of hydrogen-bond donors (Lipinski definition) is 0. The number of aromatic nitrogens is 5. The number of nitrogens with zero attached hydrogens (tertiary/aromatic N) is 5. The van der Waals surface area contributed by atoms with Gasteiger partial charge in [0.1, 0.15) is 17.1 Å². The predicted molar refractivity (Wildman–Crippen MR) is 93.9 cm³/mol. The van der Waals surface area contributed by atoms with Crippen LogP contribution in [0.3, 0.4) is 0 Å². The molecule has 1 aromatic carbocycles. The van der Waals surface area contributed by atoms with E-state index >= 15 is 0 Å². The Morgan fingerprint density at radius 2 is 2.12 bits per heavy atom. The van der Waals surface area contributed by atoms with Crippen molar-refractivity contribution in [3.8, 4) is 11.3 Å². The van der Waals surface area contributed by atoms with Gasteiger partial charge in [0.15, 0.2) is 0 Å². The summed E-state index contributed by atoms with van der Waals surface area (Å²) in [6.07, 6.45) is 10.1. The highest BCUT2D eigenvalue weighted by Gasteiger charge is 2.43. The van der Waals surface area contributed by atoms with E-state index in [-0.39, 0.29) is 5.41 Å². The van der Waals surface area contributed by atoms with E-state index in [0.717, 1.165) is 41.1 Å². The molecule has 3 heterocycles. The summed E-state index contributed by atoms with van der Waals surface area (Å²) in [5, 5.41) is 9.81. The van der Waals surface area contributed by atoms with E-state index < -0.39 is 0 Å².